The van der Waals surface area contributed by atoms with Crippen LogP contribution in [-0.2, 0) is 19.6 Å². The summed E-state index contributed by atoms with van der Waals surface area (Å²) >= 11 is 0. The fraction of sp³-hybridized carbons (Fsp3) is 0.125. The van der Waals surface area contributed by atoms with Crippen LogP contribution in [0.5, 0.6) is 0 Å². The molecule has 0 heterocycles. The van der Waals surface area contributed by atoms with Gasteiger partial charge in [0.25, 0.3) is 5.91 Å². The number of hydrogen-bond donors (Lipinski definition) is 2. The van der Waals surface area contributed by atoms with Crippen molar-refractivity contribution in [2.24, 2.45) is 5.14 Å². The number of esters is 1. The average molecular weight is 366 g/mol. The van der Waals surface area contributed by atoms with Crippen LogP contribution in [0.25, 0.3) is 0 Å². The molecule has 0 aromatic heterocycles. The highest BCUT2D eigenvalue weighted by Gasteiger charge is 2.13. The molecule has 25 heavy (non-hydrogen) atoms. The highest BCUT2D eigenvalue weighted by Crippen LogP contribution is 2.13. The molecule has 132 valence electrons. The third kappa shape index (κ3) is 5.10. The van der Waals surface area contributed by atoms with E-state index in [0.717, 1.165) is 6.07 Å². The first-order valence-corrected chi connectivity index (χ1v) is 8.57. The number of carbonyl (C=O) groups is 2. The lowest BCUT2D eigenvalue weighted by Crippen LogP contribution is -2.21. The SMILES string of the molecule is Cc1ccc(C(=O)OCC(=O)Nc2ccc(S(N)(=O)=O)cc2)cc1F. The molecule has 0 fully saturated rings. The van der Waals surface area contributed by atoms with Crippen molar-refractivity contribution in [1.82, 2.24) is 0 Å². The van der Waals surface area contributed by atoms with E-state index in [1.807, 2.05) is 0 Å². The number of carbonyl (C=O) groups excluding carboxylic acids is 2. The molecule has 7 nitrogen and oxygen atoms in total. The molecular formula is C16H15FN2O5S. The lowest BCUT2D eigenvalue weighted by molar-refractivity contribution is -0.119. The Morgan fingerprint density at radius 3 is 2.36 bits per heavy atom. The van der Waals surface area contributed by atoms with Gasteiger partial charge in [0.05, 0.1) is 10.5 Å². The highest BCUT2D eigenvalue weighted by molar-refractivity contribution is 7.89. The zero-order valence-electron chi connectivity index (χ0n) is 13.2. The number of halogens is 1. The number of nitrogens with two attached hydrogens (primary N) is 1. The summed E-state index contributed by atoms with van der Waals surface area (Å²) in [5, 5.41) is 7.39. The summed E-state index contributed by atoms with van der Waals surface area (Å²) in [6.07, 6.45) is 0. The molecule has 0 radical (unpaired) electrons. The molecule has 0 aliphatic carbocycles. The van der Waals surface area contributed by atoms with Crippen molar-refractivity contribution in [1.29, 1.82) is 0 Å². The van der Waals surface area contributed by atoms with Crippen molar-refractivity contribution in [3.63, 3.8) is 0 Å². The van der Waals surface area contributed by atoms with Crippen molar-refractivity contribution < 1.29 is 27.1 Å². The summed E-state index contributed by atoms with van der Waals surface area (Å²) in [5.41, 5.74) is 0.681. The largest absolute Gasteiger partial charge is 0.452 e. The monoisotopic (exact) mass is 366 g/mol. The Hall–Kier alpha value is -2.78. The van der Waals surface area contributed by atoms with Crippen molar-refractivity contribution >= 4 is 27.6 Å². The van der Waals surface area contributed by atoms with Crippen LogP contribution in [0.15, 0.2) is 47.4 Å². The van der Waals surface area contributed by atoms with Gasteiger partial charge in [-0.25, -0.2) is 22.7 Å². The zero-order chi connectivity index (χ0) is 18.6. The van der Waals surface area contributed by atoms with E-state index >= 15 is 0 Å². The van der Waals surface area contributed by atoms with E-state index in [2.05, 4.69) is 5.32 Å². The molecule has 0 saturated carbocycles. The Morgan fingerprint density at radius 2 is 1.80 bits per heavy atom. The van der Waals surface area contributed by atoms with Crippen molar-refractivity contribution in [2.75, 3.05) is 11.9 Å². The quantitative estimate of drug-likeness (QED) is 0.780. The summed E-state index contributed by atoms with van der Waals surface area (Å²) in [5.74, 6) is -2.02. The molecule has 9 heteroatoms. The molecule has 0 spiro atoms. The number of rotatable bonds is 5. The number of benzene rings is 2. The lowest BCUT2D eigenvalue weighted by Gasteiger charge is -2.07. The summed E-state index contributed by atoms with van der Waals surface area (Å²) in [7, 11) is -3.82. The Kier molecular flexibility index (Phi) is 5.50. The standard InChI is InChI=1S/C16H15FN2O5S/c1-10-2-3-11(8-14(10)17)16(21)24-9-15(20)19-12-4-6-13(7-5-12)25(18,22)23/h2-8H,9H2,1H3,(H,19,20)(H2,18,22,23). The van der Waals surface area contributed by atoms with E-state index in [9.17, 15) is 22.4 Å². The van der Waals surface area contributed by atoms with E-state index in [0.29, 0.717) is 11.3 Å². The molecule has 0 aliphatic heterocycles. The van der Waals surface area contributed by atoms with Crippen LogP contribution in [0.1, 0.15) is 15.9 Å². The molecule has 2 aromatic carbocycles. The van der Waals surface area contributed by atoms with Gasteiger partial charge in [-0.3, -0.25) is 4.79 Å². The van der Waals surface area contributed by atoms with Crippen LogP contribution in [0.4, 0.5) is 10.1 Å². The van der Waals surface area contributed by atoms with Gasteiger partial charge in [-0.1, -0.05) is 6.07 Å². The molecular weight excluding hydrogens is 351 g/mol. The molecule has 0 saturated heterocycles. The number of anilines is 1. The third-order valence-corrected chi connectivity index (χ3v) is 4.14. The summed E-state index contributed by atoms with van der Waals surface area (Å²) < 4.78 is 40.5. The Labute approximate surface area is 143 Å². The summed E-state index contributed by atoms with van der Waals surface area (Å²) in [6.45, 7) is 0.977. The lowest BCUT2D eigenvalue weighted by atomic mass is 10.1. The van der Waals surface area contributed by atoms with Crippen LogP contribution < -0.4 is 10.5 Å². The third-order valence-electron chi connectivity index (χ3n) is 3.21. The molecule has 0 unspecified atom stereocenters. The summed E-state index contributed by atoms with van der Waals surface area (Å²) in [6, 6.07) is 8.99. The number of hydrogen-bond acceptors (Lipinski definition) is 5. The topological polar surface area (TPSA) is 116 Å². The van der Waals surface area contributed by atoms with Gasteiger partial charge >= 0.3 is 5.97 Å². The van der Waals surface area contributed by atoms with Crippen LogP contribution >= 0.6 is 0 Å². The maximum Gasteiger partial charge on any atom is 0.338 e. The normalized spacial score (nSPS) is 11.0. The number of aryl methyl sites for hydroxylation is 1. The molecule has 3 N–H and O–H groups in total. The minimum Gasteiger partial charge on any atom is -0.452 e. The smallest absolute Gasteiger partial charge is 0.338 e. The number of ether oxygens (including phenoxy) is 1. The average Bonchev–Trinajstić information content (AvgIpc) is 2.55. The molecule has 2 aromatic rings. The molecule has 0 aliphatic rings. The number of nitrogens with one attached hydrogen (secondary N) is 1. The van der Waals surface area contributed by atoms with Gasteiger partial charge in [0.2, 0.25) is 10.0 Å². The minimum atomic E-state index is -3.82. The van der Waals surface area contributed by atoms with Gasteiger partial charge in [0, 0.05) is 5.69 Å². The van der Waals surface area contributed by atoms with Crippen LogP contribution in [-0.4, -0.2) is 26.9 Å². The van der Waals surface area contributed by atoms with Gasteiger partial charge in [-0.05, 0) is 48.9 Å². The zero-order valence-corrected chi connectivity index (χ0v) is 14.0. The Balaban J connectivity index is 1.92. The van der Waals surface area contributed by atoms with E-state index in [-0.39, 0.29) is 10.5 Å². The Morgan fingerprint density at radius 1 is 1.16 bits per heavy atom. The summed E-state index contributed by atoms with van der Waals surface area (Å²) in [4.78, 5) is 23.4. The minimum absolute atomic E-state index is 0.00611. The van der Waals surface area contributed by atoms with Crippen molar-refractivity contribution in [3.05, 3.63) is 59.4 Å². The van der Waals surface area contributed by atoms with Crippen LogP contribution in [0.3, 0.4) is 0 Å². The molecule has 0 atom stereocenters. The second-order valence-electron chi connectivity index (χ2n) is 5.16. The number of amides is 1. The first kappa shape index (κ1) is 18.6. The maximum atomic E-state index is 13.4. The fourth-order valence-corrected chi connectivity index (χ4v) is 2.37. The van der Waals surface area contributed by atoms with Crippen molar-refractivity contribution in [3.8, 4) is 0 Å². The molecule has 2 rings (SSSR count). The van der Waals surface area contributed by atoms with E-state index in [4.69, 9.17) is 9.88 Å². The Bertz CT molecular complexity index is 911. The van der Waals surface area contributed by atoms with Gasteiger partial charge in [0.1, 0.15) is 5.82 Å². The van der Waals surface area contributed by atoms with E-state index in [1.54, 1.807) is 6.92 Å². The van der Waals surface area contributed by atoms with Crippen molar-refractivity contribution in [2.45, 2.75) is 11.8 Å². The highest BCUT2D eigenvalue weighted by atomic mass is 32.2. The second kappa shape index (κ2) is 7.41. The predicted molar refractivity (Wildman–Crippen MR) is 87.9 cm³/mol. The van der Waals surface area contributed by atoms with Gasteiger partial charge in [-0.15, -0.1) is 0 Å². The second-order valence-corrected chi connectivity index (χ2v) is 6.72. The van der Waals surface area contributed by atoms with Crippen LogP contribution in [0, 0.1) is 12.7 Å². The maximum absolute atomic E-state index is 13.4. The van der Waals surface area contributed by atoms with Crippen LogP contribution in [0.2, 0.25) is 0 Å². The number of sulfonamides is 1. The first-order chi connectivity index (χ1) is 11.7. The first-order valence-electron chi connectivity index (χ1n) is 7.03. The van der Waals surface area contributed by atoms with Gasteiger partial charge in [-0.2, -0.15) is 0 Å². The number of primary sulfonamides is 1. The molecule has 1 amide bonds. The van der Waals surface area contributed by atoms with E-state index in [1.165, 1.54) is 36.4 Å². The predicted octanol–water partition coefficient (Wildman–Crippen LogP) is 1.58. The van der Waals surface area contributed by atoms with Gasteiger partial charge < -0.3 is 10.1 Å². The van der Waals surface area contributed by atoms with E-state index < -0.39 is 34.3 Å². The fourth-order valence-electron chi connectivity index (χ4n) is 1.86. The van der Waals surface area contributed by atoms with Gasteiger partial charge in [0.15, 0.2) is 6.61 Å². The molecule has 0 bridgehead atoms.